The number of hydrogen-bond donors (Lipinski definition) is 1. The van der Waals surface area contributed by atoms with Crippen LogP contribution in [0.4, 0.5) is 4.39 Å². The fraction of sp³-hybridized carbons (Fsp3) is 0.538. The largest absolute Gasteiger partial charge is 0.328 e. The van der Waals surface area contributed by atoms with Crippen molar-refractivity contribution in [1.82, 2.24) is 4.31 Å². The van der Waals surface area contributed by atoms with E-state index in [2.05, 4.69) is 0 Å². The van der Waals surface area contributed by atoms with Gasteiger partial charge in [0, 0.05) is 19.1 Å². The van der Waals surface area contributed by atoms with E-state index < -0.39 is 15.8 Å². The first kappa shape index (κ1) is 15.7. The summed E-state index contributed by atoms with van der Waals surface area (Å²) in [5, 5.41) is 0.0423. The standard InChI is InChI=1S/C13H18ClFN2O2S/c1-9(16)10-4-6-17(7-5-10)20(18,19)13-8-11(15)2-3-12(13)14/h2-3,8-10H,4-7,16H2,1H3. The lowest BCUT2D eigenvalue weighted by Crippen LogP contribution is -2.42. The van der Waals surface area contributed by atoms with E-state index in [1.807, 2.05) is 6.92 Å². The summed E-state index contributed by atoms with van der Waals surface area (Å²) in [4.78, 5) is -0.168. The van der Waals surface area contributed by atoms with E-state index in [0.29, 0.717) is 31.8 Å². The molecule has 1 aliphatic heterocycles. The Kier molecular flexibility index (Phi) is 4.69. The fourth-order valence-electron chi connectivity index (χ4n) is 2.46. The first-order chi connectivity index (χ1) is 9.32. The number of piperidine rings is 1. The normalized spacial score (nSPS) is 20.0. The van der Waals surface area contributed by atoms with Crippen LogP contribution in [0.15, 0.2) is 23.1 Å². The molecule has 4 nitrogen and oxygen atoms in total. The highest BCUT2D eigenvalue weighted by Crippen LogP contribution is 2.29. The minimum absolute atomic E-state index is 0.0423. The summed E-state index contributed by atoms with van der Waals surface area (Å²) in [7, 11) is -3.74. The Bertz CT molecular complexity index is 584. The quantitative estimate of drug-likeness (QED) is 0.929. The zero-order chi connectivity index (χ0) is 14.9. The van der Waals surface area contributed by atoms with E-state index in [0.717, 1.165) is 12.1 Å². The monoisotopic (exact) mass is 320 g/mol. The lowest BCUT2D eigenvalue weighted by molar-refractivity contribution is 0.250. The molecule has 0 bridgehead atoms. The third-order valence-electron chi connectivity index (χ3n) is 3.75. The first-order valence-corrected chi connectivity index (χ1v) is 8.35. The van der Waals surface area contributed by atoms with Gasteiger partial charge in [0.25, 0.3) is 0 Å². The highest BCUT2D eigenvalue weighted by Gasteiger charge is 2.32. The zero-order valence-corrected chi connectivity index (χ0v) is 12.8. The number of nitrogens with zero attached hydrogens (tertiary/aromatic N) is 1. The van der Waals surface area contributed by atoms with Gasteiger partial charge >= 0.3 is 0 Å². The van der Waals surface area contributed by atoms with Gasteiger partial charge in [-0.15, -0.1) is 0 Å². The Balaban J connectivity index is 2.22. The number of hydrogen-bond acceptors (Lipinski definition) is 3. The smallest absolute Gasteiger partial charge is 0.244 e. The summed E-state index contributed by atoms with van der Waals surface area (Å²) < 4.78 is 39.6. The van der Waals surface area contributed by atoms with Crippen LogP contribution in [-0.4, -0.2) is 31.9 Å². The van der Waals surface area contributed by atoms with Gasteiger partial charge in [0.2, 0.25) is 10.0 Å². The summed E-state index contributed by atoms with van der Waals surface area (Å²) in [5.74, 6) is -0.289. The van der Waals surface area contributed by atoms with Gasteiger partial charge < -0.3 is 5.73 Å². The average Bonchev–Trinajstić information content (AvgIpc) is 2.41. The van der Waals surface area contributed by atoms with Crippen LogP contribution in [0.1, 0.15) is 19.8 Å². The van der Waals surface area contributed by atoms with Crippen LogP contribution in [0, 0.1) is 11.7 Å². The molecule has 112 valence electrons. The Morgan fingerprint density at radius 1 is 1.40 bits per heavy atom. The van der Waals surface area contributed by atoms with Gasteiger partial charge in [0.1, 0.15) is 10.7 Å². The van der Waals surface area contributed by atoms with Crippen molar-refractivity contribution in [3.63, 3.8) is 0 Å². The number of sulfonamides is 1. The summed E-state index contributed by atoms with van der Waals surface area (Å²) in [5.41, 5.74) is 5.84. The summed E-state index contributed by atoms with van der Waals surface area (Å²) in [6.45, 7) is 2.71. The SMILES string of the molecule is CC(N)C1CCN(S(=O)(=O)c2cc(F)ccc2Cl)CC1. The summed E-state index contributed by atoms with van der Waals surface area (Å²) in [6.07, 6.45) is 1.42. The van der Waals surface area contributed by atoms with Crippen molar-refractivity contribution in [2.75, 3.05) is 13.1 Å². The van der Waals surface area contributed by atoms with Crippen LogP contribution in [-0.2, 0) is 10.0 Å². The molecule has 0 aromatic heterocycles. The van der Waals surface area contributed by atoms with Gasteiger partial charge in [0.05, 0.1) is 5.02 Å². The van der Waals surface area contributed by atoms with Gasteiger partial charge in [-0.2, -0.15) is 4.31 Å². The Morgan fingerprint density at radius 3 is 2.55 bits per heavy atom. The lowest BCUT2D eigenvalue weighted by atomic mass is 9.92. The van der Waals surface area contributed by atoms with Crippen molar-refractivity contribution < 1.29 is 12.8 Å². The molecule has 1 aromatic carbocycles. The van der Waals surface area contributed by atoms with Crippen LogP contribution in [0.2, 0.25) is 5.02 Å². The van der Waals surface area contributed by atoms with Crippen molar-refractivity contribution >= 4 is 21.6 Å². The van der Waals surface area contributed by atoms with Gasteiger partial charge in [-0.25, -0.2) is 12.8 Å². The number of halogens is 2. The maximum absolute atomic E-state index is 13.3. The molecule has 1 aromatic rings. The fourth-order valence-corrected chi connectivity index (χ4v) is 4.41. The molecule has 0 saturated carbocycles. The molecule has 1 heterocycles. The predicted octanol–water partition coefficient (Wildman–Crippen LogP) is 2.23. The Hall–Kier alpha value is -0.690. The summed E-state index contributed by atoms with van der Waals surface area (Å²) >= 11 is 5.89. The number of benzene rings is 1. The third kappa shape index (κ3) is 3.14. The van der Waals surface area contributed by atoms with E-state index in [-0.39, 0.29) is 16.0 Å². The molecule has 1 saturated heterocycles. The number of rotatable bonds is 3. The van der Waals surface area contributed by atoms with Gasteiger partial charge in [-0.05, 0) is 43.9 Å². The van der Waals surface area contributed by atoms with E-state index in [9.17, 15) is 12.8 Å². The molecular weight excluding hydrogens is 303 g/mol. The van der Waals surface area contributed by atoms with Gasteiger partial charge in [0.15, 0.2) is 0 Å². The first-order valence-electron chi connectivity index (χ1n) is 6.53. The molecule has 20 heavy (non-hydrogen) atoms. The van der Waals surface area contributed by atoms with Crippen LogP contribution in [0.25, 0.3) is 0 Å². The molecule has 0 spiro atoms. The maximum atomic E-state index is 13.3. The van der Waals surface area contributed by atoms with Crippen LogP contribution >= 0.6 is 11.6 Å². The molecule has 2 rings (SSSR count). The number of nitrogens with two attached hydrogens (primary N) is 1. The summed E-state index contributed by atoms with van der Waals surface area (Å²) in [6, 6.07) is 3.43. The zero-order valence-electron chi connectivity index (χ0n) is 11.2. The van der Waals surface area contributed by atoms with Crippen LogP contribution in [0.5, 0.6) is 0 Å². The molecule has 1 aliphatic rings. The van der Waals surface area contributed by atoms with Crippen LogP contribution in [0.3, 0.4) is 0 Å². The predicted molar refractivity (Wildman–Crippen MR) is 76.5 cm³/mol. The Morgan fingerprint density at radius 2 is 2.00 bits per heavy atom. The lowest BCUT2D eigenvalue weighted by Gasteiger charge is -2.33. The van der Waals surface area contributed by atoms with Gasteiger partial charge in [-0.3, -0.25) is 0 Å². The maximum Gasteiger partial charge on any atom is 0.244 e. The van der Waals surface area contributed by atoms with E-state index >= 15 is 0 Å². The van der Waals surface area contributed by atoms with Gasteiger partial charge in [-0.1, -0.05) is 11.6 Å². The second-order valence-electron chi connectivity index (χ2n) is 5.18. The minimum atomic E-state index is -3.74. The molecule has 7 heteroatoms. The second kappa shape index (κ2) is 5.97. The highest BCUT2D eigenvalue weighted by atomic mass is 35.5. The van der Waals surface area contributed by atoms with E-state index in [1.165, 1.54) is 10.4 Å². The molecule has 0 radical (unpaired) electrons. The molecule has 1 fully saturated rings. The topological polar surface area (TPSA) is 63.4 Å². The van der Waals surface area contributed by atoms with Crippen molar-refractivity contribution in [2.24, 2.45) is 11.7 Å². The molecule has 1 unspecified atom stereocenters. The third-order valence-corrected chi connectivity index (χ3v) is 6.13. The highest BCUT2D eigenvalue weighted by molar-refractivity contribution is 7.89. The van der Waals surface area contributed by atoms with E-state index in [1.54, 1.807) is 0 Å². The van der Waals surface area contributed by atoms with E-state index in [4.69, 9.17) is 17.3 Å². The molecule has 0 amide bonds. The minimum Gasteiger partial charge on any atom is -0.328 e. The molecular formula is C13H18ClFN2O2S. The average molecular weight is 321 g/mol. The van der Waals surface area contributed by atoms with Crippen molar-refractivity contribution in [3.8, 4) is 0 Å². The van der Waals surface area contributed by atoms with Crippen LogP contribution < -0.4 is 5.73 Å². The molecule has 0 aliphatic carbocycles. The molecule has 2 N–H and O–H groups in total. The molecule has 1 atom stereocenters. The van der Waals surface area contributed by atoms with Crippen molar-refractivity contribution in [2.45, 2.75) is 30.7 Å². The van der Waals surface area contributed by atoms with Crippen molar-refractivity contribution in [3.05, 3.63) is 29.0 Å². The van der Waals surface area contributed by atoms with Crippen molar-refractivity contribution in [1.29, 1.82) is 0 Å². The Labute approximate surface area is 123 Å². The second-order valence-corrected chi connectivity index (χ2v) is 7.49.